The fourth-order valence-corrected chi connectivity index (χ4v) is 4.63. The third kappa shape index (κ3) is 4.24. The molecule has 1 fully saturated rings. The number of fused-ring (bicyclic) bond motifs is 2. The topological polar surface area (TPSA) is 105 Å². The van der Waals surface area contributed by atoms with Gasteiger partial charge < -0.3 is 9.26 Å². The minimum absolute atomic E-state index is 0.0570. The van der Waals surface area contributed by atoms with Gasteiger partial charge in [-0.2, -0.15) is 4.98 Å². The van der Waals surface area contributed by atoms with E-state index in [1.54, 1.807) is 6.92 Å². The Kier molecular flexibility index (Phi) is 5.63. The van der Waals surface area contributed by atoms with Crippen LogP contribution >= 0.6 is 0 Å². The number of hydrogen-bond acceptors (Lipinski definition) is 7. The molecule has 0 amide bonds. The monoisotopic (exact) mass is 431 g/mol. The summed E-state index contributed by atoms with van der Waals surface area (Å²) in [5.74, 6) is 1.91. The Bertz CT molecular complexity index is 1080. The molecular weight excluding hydrogens is 402 g/mol. The van der Waals surface area contributed by atoms with Crippen molar-refractivity contribution in [1.82, 2.24) is 19.3 Å². The third-order valence-corrected chi connectivity index (χ3v) is 7.61. The van der Waals surface area contributed by atoms with E-state index in [-0.39, 0.29) is 24.7 Å². The molecule has 0 aromatic carbocycles. The van der Waals surface area contributed by atoms with E-state index >= 15 is 0 Å². The molecule has 2 aromatic heterocycles. The summed E-state index contributed by atoms with van der Waals surface area (Å²) >= 11 is 0. The van der Waals surface area contributed by atoms with Gasteiger partial charge >= 0.3 is 5.69 Å². The number of ether oxygens (including phenoxy) is 1. The molecule has 4 rings (SSSR count). The van der Waals surface area contributed by atoms with Crippen LogP contribution in [-0.4, -0.2) is 40.2 Å². The predicted molar refractivity (Wildman–Crippen MR) is 115 cm³/mol. The lowest BCUT2D eigenvalue weighted by atomic mass is 9.72. The molecule has 1 aliphatic carbocycles. The van der Waals surface area contributed by atoms with Gasteiger partial charge in [0.2, 0.25) is 5.89 Å². The van der Waals surface area contributed by atoms with E-state index in [0.29, 0.717) is 42.1 Å². The van der Waals surface area contributed by atoms with Crippen molar-refractivity contribution in [2.45, 2.75) is 65.1 Å². The van der Waals surface area contributed by atoms with Crippen LogP contribution in [0.25, 0.3) is 0 Å². The number of rotatable bonds is 7. The maximum Gasteiger partial charge on any atom is 0.335 e. The van der Waals surface area contributed by atoms with E-state index in [9.17, 15) is 9.59 Å². The van der Waals surface area contributed by atoms with Crippen molar-refractivity contribution in [3.63, 3.8) is 0 Å². The van der Waals surface area contributed by atoms with Gasteiger partial charge in [-0.25, -0.2) is 9.79 Å². The molecular formula is C20H29N5O4Si. The Labute approximate surface area is 175 Å². The van der Waals surface area contributed by atoms with Crippen molar-refractivity contribution in [1.29, 1.82) is 0 Å². The molecule has 0 spiro atoms. The molecule has 30 heavy (non-hydrogen) atoms. The molecule has 2 aliphatic rings. The zero-order valence-corrected chi connectivity index (χ0v) is 19.1. The van der Waals surface area contributed by atoms with Gasteiger partial charge in [-0.1, -0.05) is 24.8 Å². The minimum Gasteiger partial charge on any atom is -0.361 e. The fraction of sp³-hybridized carbons (Fsp3) is 0.650. The molecule has 3 heterocycles. The highest BCUT2D eigenvalue weighted by Crippen LogP contribution is 2.38. The Morgan fingerprint density at radius 2 is 2.03 bits per heavy atom. The van der Waals surface area contributed by atoms with Gasteiger partial charge in [0.15, 0.2) is 5.82 Å². The highest BCUT2D eigenvalue weighted by molar-refractivity contribution is 6.76. The molecule has 0 bridgehead atoms. The molecule has 10 heteroatoms. The van der Waals surface area contributed by atoms with Crippen LogP contribution in [-0.2, 0) is 24.4 Å². The first-order valence-electron chi connectivity index (χ1n) is 10.5. The van der Waals surface area contributed by atoms with E-state index in [0.717, 1.165) is 18.9 Å². The summed E-state index contributed by atoms with van der Waals surface area (Å²) < 4.78 is 13.7. The standard InChI is InChI=1S/C20H29N5O4Si/c1-13-22-17(29-23-13)11-24-19(26)16-9-14-5-6-15(14)10-21-18(16)25(20(24)27)12-28-7-8-30(2,3)4/h10,14-15H,5-9,11-12H2,1-4H3. The van der Waals surface area contributed by atoms with Gasteiger partial charge in [-0.3, -0.25) is 13.9 Å². The van der Waals surface area contributed by atoms with Crippen LogP contribution in [0.2, 0.25) is 25.7 Å². The van der Waals surface area contributed by atoms with Gasteiger partial charge in [0, 0.05) is 20.9 Å². The summed E-state index contributed by atoms with van der Waals surface area (Å²) in [6.45, 7) is 9.13. The quantitative estimate of drug-likeness (QED) is 0.492. The van der Waals surface area contributed by atoms with Gasteiger partial charge in [0.05, 0.1) is 5.56 Å². The molecule has 0 N–H and O–H groups in total. The summed E-state index contributed by atoms with van der Waals surface area (Å²) in [6.07, 6.45) is 4.68. The zero-order chi connectivity index (χ0) is 21.5. The lowest BCUT2D eigenvalue weighted by molar-refractivity contribution is 0.0835. The molecule has 0 radical (unpaired) electrons. The maximum atomic E-state index is 13.2. The van der Waals surface area contributed by atoms with Gasteiger partial charge in [-0.05, 0) is 44.1 Å². The molecule has 2 aromatic rings. The lowest BCUT2D eigenvalue weighted by Crippen LogP contribution is -2.43. The molecule has 1 saturated carbocycles. The lowest BCUT2D eigenvalue weighted by Gasteiger charge is -2.32. The Morgan fingerprint density at radius 1 is 1.23 bits per heavy atom. The fourth-order valence-electron chi connectivity index (χ4n) is 3.87. The van der Waals surface area contributed by atoms with E-state index < -0.39 is 13.8 Å². The van der Waals surface area contributed by atoms with Crippen molar-refractivity contribution in [3.8, 4) is 0 Å². The van der Waals surface area contributed by atoms with Crippen LogP contribution in [0, 0.1) is 18.8 Å². The summed E-state index contributed by atoms with van der Waals surface area (Å²) in [5.41, 5.74) is -0.217. The number of nitrogens with zero attached hydrogens (tertiary/aromatic N) is 5. The largest absolute Gasteiger partial charge is 0.361 e. The second-order valence-corrected chi connectivity index (χ2v) is 15.1. The van der Waals surface area contributed by atoms with Crippen LogP contribution in [0.3, 0.4) is 0 Å². The summed E-state index contributed by atoms with van der Waals surface area (Å²) in [4.78, 5) is 35.2. The van der Waals surface area contributed by atoms with E-state index in [4.69, 9.17) is 9.26 Å². The first-order valence-corrected chi connectivity index (χ1v) is 14.2. The van der Waals surface area contributed by atoms with Crippen molar-refractivity contribution >= 4 is 20.1 Å². The van der Waals surface area contributed by atoms with E-state index in [2.05, 4.69) is 34.8 Å². The third-order valence-electron chi connectivity index (χ3n) is 5.90. The zero-order valence-electron chi connectivity index (χ0n) is 18.1. The van der Waals surface area contributed by atoms with Crippen molar-refractivity contribution in [2.75, 3.05) is 6.61 Å². The van der Waals surface area contributed by atoms with Gasteiger partial charge in [0.1, 0.15) is 19.1 Å². The highest BCUT2D eigenvalue weighted by Gasteiger charge is 2.34. The molecule has 0 saturated heterocycles. The van der Waals surface area contributed by atoms with E-state index in [1.807, 2.05) is 6.21 Å². The van der Waals surface area contributed by atoms with Crippen LogP contribution in [0.1, 0.15) is 30.1 Å². The van der Waals surface area contributed by atoms with Crippen LogP contribution in [0.4, 0.5) is 5.82 Å². The molecule has 1 aliphatic heterocycles. The summed E-state index contributed by atoms with van der Waals surface area (Å²) in [5, 5.41) is 3.76. The molecule has 162 valence electrons. The first kappa shape index (κ1) is 20.9. The first-order chi connectivity index (χ1) is 14.2. The second kappa shape index (κ2) is 8.07. The summed E-state index contributed by atoms with van der Waals surface area (Å²) in [6, 6.07) is 0.998. The SMILES string of the molecule is Cc1noc(Cn2c(=O)c3c(n(COCC[Si](C)(C)C)c2=O)N=CC2CCC2C3)n1. The van der Waals surface area contributed by atoms with E-state index in [1.165, 1.54) is 9.13 Å². The number of aliphatic imine (C=N–C) groups is 1. The molecule has 2 unspecified atom stereocenters. The summed E-state index contributed by atoms with van der Waals surface area (Å²) in [7, 11) is -1.25. The van der Waals surface area contributed by atoms with Gasteiger partial charge in [0.25, 0.3) is 5.56 Å². The molecule has 2 atom stereocenters. The predicted octanol–water partition coefficient (Wildman–Crippen LogP) is 2.35. The second-order valence-electron chi connectivity index (χ2n) is 9.47. The van der Waals surface area contributed by atoms with Crippen molar-refractivity contribution in [3.05, 3.63) is 38.1 Å². The average molecular weight is 432 g/mol. The Hall–Kier alpha value is -2.33. The average Bonchev–Trinajstić information content (AvgIpc) is 3.01. The molecule has 9 nitrogen and oxygen atoms in total. The van der Waals surface area contributed by atoms with Crippen molar-refractivity contribution in [2.24, 2.45) is 16.8 Å². The number of aryl methyl sites for hydroxylation is 1. The normalized spacial score (nSPS) is 20.4. The Morgan fingerprint density at radius 3 is 2.67 bits per heavy atom. The number of aromatic nitrogens is 4. The van der Waals surface area contributed by atoms with Gasteiger partial charge in [-0.15, -0.1) is 0 Å². The van der Waals surface area contributed by atoms with Crippen LogP contribution < -0.4 is 11.2 Å². The van der Waals surface area contributed by atoms with Crippen molar-refractivity contribution < 1.29 is 9.26 Å². The minimum atomic E-state index is -1.25. The maximum absolute atomic E-state index is 13.2. The number of hydrogen-bond donors (Lipinski definition) is 0. The van der Waals surface area contributed by atoms with Crippen LogP contribution in [0.15, 0.2) is 19.1 Å². The smallest absolute Gasteiger partial charge is 0.335 e. The van der Waals surface area contributed by atoms with Crippen LogP contribution in [0.5, 0.6) is 0 Å². The highest BCUT2D eigenvalue weighted by atomic mass is 28.3. The Balaban J connectivity index is 1.71.